The minimum atomic E-state index is -0.195. The van der Waals surface area contributed by atoms with Crippen LogP contribution >= 0.6 is 0 Å². The van der Waals surface area contributed by atoms with Gasteiger partial charge in [0.25, 0.3) is 0 Å². The van der Waals surface area contributed by atoms with Gasteiger partial charge in [0.1, 0.15) is 5.82 Å². The molecule has 2 unspecified atom stereocenters. The summed E-state index contributed by atoms with van der Waals surface area (Å²) in [7, 11) is 3.62. The highest BCUT2D eigenvalue weighted by atomic mass is 19.1. The molecule has 2 aromatic carbocycles. The Bertz CT molecular complexity index is 571. The summed E-state index contributed by atoms with van der Waals surface area (Å²) in [6, 6.07) is 15.1. The summed E-state index contributed by atoms with van der Waals surface area (Å²) in [5.41, 5.74) is 3.22. The number of methoxy groups -OCH3 is 1. The maximum atomic E-state index is 13.5. The molecule has 0 heterocycles. The number of ether oxygens (including phenoxy) is 1. The first-order valence-corrected chi connectivity index (χ1v) is 7.15. The molecule has 0 amide bonds. The number of nitrogens with one attached hydrogen (secondary N) is 1. The minimum Gasteiger partial charge on any atom is -0.375 e. The monoisotopic (exact) mass is 287 g/mol. The van der Waals surface area contributed by atoms with Gasteiger partial charge in [-0.1, -0.05) is 36.4 Å². The van der Waals surface area contributed by atoms with Crippen molar-refractivity contribution in [3.8, 4) is 0 Å². The molecule has 0 saturated carbocycles. The van der Waals surface area contributed by atoms with Gasteiger partial charge in [0, 0.05) is 13.2 Å². The zero-order valence-corrected chi connectivity index (χ0v) is 12.8. The molecule has 2 aromatic rings. The molecule has 21 heavy (non-hydrogen) atoms. The maximum Gasteiger partial charge on any atom is 0.123 e. The van der Waals surface area contributed by atoms with Crippen molar-refractivity contribution in [1.29, 1.82) is 0 Å². The first-order valence-electron chi connectivity index (χ1n) is 7.15. The van der Waals surface area contributed by atoms with Crippen LogP contribution < -0.4 is 5.32 Å². The number of aryl methyl sites for hydroxylation is 1. The molecule has 0 aromatic heterocycles. The summed E-state index contributed by atoms with van der Waals surface area (Å²) in [6.07, 6.45) is 0.645. The van der Waals surface area contributed by atoms with Crippen molar-refractivity contribution < 1.29 is 9.13 Å². The lowest BCUT2D eigenvalue weighted by Gasteiger charge is -2.27. The van der Waals surface area contributed by atoms with Gasteiger partial charge >= 0.3 is 0 Å². The zero-order valence-electron chi connectivity index (χ0n) is 12.8. The van der Waals surface area contributed by atoms with Crippen molar-refractivity contribution in [3.05, 3.63) is 71.0 Å². The predicted octanol–water partition coefficient (Wildman–Crippen LogP) is 3.65. The molecule has 1 N–H and O–H groups in total. The van der Waals surface area contributed by atoms with Crippen LogP contribution in [0.1, 0.15) is 22.8 Å². The van der Waals surface area contributed by atoms with Gasteiger partial charge in [-0.25, -0.2) is 4.39 Å². The number of benzene rings is 2. The standard InChI is InChI=1S/C18H22FNO/c1-13-9-10-16(19)11-15(13)12-17(20-2)18(21-3)14-7-5-4-6-8-14/h4-11,17-18,20H,12H2,1-3H3. The lowest BCUT2D eigenvalue weighted by atomic mass is 9.94. The van der Waals surface area contributed by atoms with Crippen molar-refractivity contribution in [3.63, 3.8) is 0 Å². The van der Waals surface area contributed by atoms with Crippen LogP contribution in [0, 0.1) is 12.7 Å². The summed E-state index contributed by atoms with van der Waals surface area (Å²) in [5, 5.41) is 3.30. The molecule has 0 spiro atoms. The van der Waals surface area contributed by atoms with Crippen LogP contribution in [-0.2, 0) is 11.2 Å². The second kappa shape index (κ2) is 7.34. The van der Waals surface area contributed by atoms with E-state index in [9.17, 15) is 4.39 Å². The lowest BCUT2D eigenvalue weighted by Crippen LogP contribution is -2.35. The van der Waals surface area contributed by atoms with Crippen molar-refractivity contribution in [2.75, 3.05) is 14.2 Å². The molecule has 0 aliphatic carbocycles. The molecule has 2 rings (SSSR count). The molecule has 0 aliphatic rings. The van der Waals surface area contributed by atoms with Crippen LogP contribution in [0.25, 0.3) is 0 Å². The van der Waals surface area contributed by atoms with Crippen LogP contribution in [0.4, 0.5) is 4.39 Å². The van der Waals surface area contributed by atoms with E-state index in [1.165, 1.54) is 6.07 Å². The summed E-state index contributed by atoms with van der Waals surface area (Å²) < 4.78 is 19.1. The number of hydrogen-bond donors (Lipinski definition) is 1. The molecular formula is C18H22FNO. The van der Waals surface area contributed by atoms with E-state index in [0.717, 1.165) is 16.7 Å². The van der Waals surface area contributed by atoms with E-state index in [-0.39, 0.29) is 18.0 Å². The Labute approximate surface area is 126 Å². The average molecular weight is 287 g/mol. The summed E-state index contributed by atoms with van der Waals surface area (Å²) >= 11 is 0. The maximum absolute atomic E-state index is 13.5. The largest absolute Gasteiger partial charge is 0.375 e. The second-order valence-corrected chi connectivity index (χ2v) is 5.24. The fraction of sp³-hybridized carbons (Fsp3) is 0.333. The Hall–Kier alpha value is -1.71. The Balaban J connectivity index is 2.24. The summed E-state index contributed by atoms with van der Waals surface area (Å²) in [5.74, 6) is -0.195. The third-order valence-electron chi connectivity index (χ3n) is 3.87. The molecule has 3 heteroatoms. The van der Waals surface area contributed by atoms with E-state index in [1.54, 1.807) is 13.2 Å². The van der Waals surface area contributed by atoms with Gasteiger partial charge in [-0.2, -0.15) is 0 Å². The zero-order chi connectivity index (χ0) is 15.2. The molecule has 0 saturated heterocycles. The number of rotatable bonds is 6. The van der Waals surface area contributed by atoms with Crippen molar-refractivity contribution in [1.82, 2.24) is 5.32 Å². The van der Waals surface area contributed by atoms with Gasteiger partial charge in [0.05, 0.1) is 6.10 Å². The second-order valence-electron chi connectivity index (χ2n) is 5.24. The van der Waals surface area contributed by atoms with Crippen molar-refractivity contribution in [2.45, 2.75) is 25.5 Å². The highest BCUT2D eigenvalue weighted by molar-refractivity contribution is 5.28. The number of likely N-dealkylation sites (N-methyl/N-ethyl adjacent to an activating group) is 1. The van der Waals surface area contributed by atoms with Gasteiger partial charge in [-0.05, 0) is 49.2 Å². The smallest absolute Gasteiger partial charge is 0.123 e. The number of hydrogen-bond acceptors (Lipinski definition) is 2. The topological polar surface area (TPSA) is 21.3 Å². The highest BCUT2D eigenvalue weighted by Gasteiger charge is 2.22. The molecular weight excluding hydrogens is 265 g/mol. The SMILES string of the molecule is CNC(Cc1cc(F)ccc1C)C(OC)c1ccccc1. The van der Waals surface area contributed by atoms with Gasteiger partial charge in [-0.15, -0.1) is 0 Å². The van der Waals surface area contributed by atoms with Crippen molar-refractivity contribution >= 4 is 0 Å². The molecule has 0 bridgehead atoms. The van der Waals surface area contributed by atoms with E-state index in [0.29, 0.717) is 6.42 Å². The summed E-state index contributed by atoms with van der Waals surface area (Å²) in [4.78, 5) is 0. The molecule has 0 radical (unpaired) electrons. The Morgan fingerprint density at radius 2 is 1.86 bits per heavy atom. The Morgan fingerprint density at radius 1 is 1.14 bits per heavy atom. The highest BCUT2D eigenvalue weighted by Crippen LogP contribution is 2.24. The van der Waals surface area contributed by atoms with Gasteiger partial charge in [0.2, 0.25) is 0 Å². The van der Waals surface area contributed by atoms with Crippen LogP contribution in [0.3, 0.4) is 0 Å². The third-order valence-corrected chi connectivity index (χ3v) is 3.87. The number of halogens is 1. The van der Waals surface area contributed by atoms with E-state index in [1.807, 2.05) is 38.2 Å². The quantitative estimate of drug-likeness (QED) is 0.875. The van der Waals surface area contributed by atoms with Crippen LogP contribution in [0.5, 0.6) is 0 Å². The molecule has 0 aliphatic heterocycles. The fourth-order valence-corrected chi connectivity index (χ4v) is 2.63. The predicted molar refractivity (Wildman–Crippen MR) is 83.9 cm³/mol. The van der Waals surface area contributed by atoms with Crippen molar-refractivity contribution in [2.24, 2.45) is 0 Å². The van der Waals surface area contributed by atoms with Gasteiger partial charge in [-0.3, -0.25) is 0 Å². The van der Waals surface area contributed by atoms with Gasteiger partial charge < -0.3 is 10.1 Å². The van der Waals surface area contributed by atoms with E-state index in [4.69, 9.17) is 4.74 Å². The van der Waals surface area contributed by atoms with Crippen LogP contribution in [0.2, 0.25) is 0 Å². The fourth-order valence-electron chi connectivity index (χ4n) is 2.63. The van der Waals surface area contributed by atoms with E-state index < -0.39 is 0 Å². The van der Waals surface area contributed by atoms with E-state index >= 15 is 0 Å². The first-order chi connectivity index (χ1) is 10.2. The average Bonchev–Trinajstić information content (AvgIpc) is 2.51. The molecule has 0 fully saturated rings. The Kier molecular flexibility index (Phi) is 5.48. The van der Waals surface area contributed by atoms with Crippen LogP contribution in [-0.4, -0.2) is 20.2 Å². The normalized spacial score (nSPS) is 13.9. The van der Waals surface area contributed by atoms with Crippen LogP contribution in [0.15, 0.2) is 48.5 Å². The Morgan fingerprint density at radius 3 is 2.48 bits per heavy atom. The molecule has 112 valence electrons. The van der Waals surface area contributed by atoms with E-state index in [2.05, 4.69) is 17.4 Å². The minimum absolute atomic E-state index is 0.0705. The third kappa shape index (κ3) is 3.90. The lowest BCUT2D eigenvalue weighted by molar-refractivity contribution is 0.0703. The first kappa shape index (κ1) is 15.7. The molecule has 2 nitrogen and oxygen atoms in total. The van der Waals surface area contributed by atoms with Gasteiger partial charge in [0.15, 0.2) is 0 Å². The molecule has 2 atom stereocenters. The summed E-state index contributed by atoms with van der Waals surface area (Å²) in [6.45, 7) is 2.01.